The van der Waals surface area contributed by atoms with Crippen LogP contribution in [-0.2, 0) is 17.8 Å². The Hall–Kier alpha value is -1.63. The summed E-state index contributed by atoms with van der Waals surface area (Å²) in [6.07, 6.45) is 5.18. The summed E-state index contributed by atoms with van der Waals surface area (Å²) in [5, 5.41) is 8.76. The molecule has 7 nitrogen and oxygen atoms in total. The van der Waals surface area contributed by atoms with Crippen LogP contribution in [-0.4, -0.2) is 64.7 Å². The van der Waals surface area contributed by atoms with Crippen molar-refractivity contribution >= 4 is 6.03 Å². The molecule has 0 aromatic carbocycles. The second-order valence-electron chi connectivity index (χ2n) is 7.78. The fourth-order valence-corrected chi connectivity index (χ4v) is 3.41. The number of aromatic nitrogens is 3. The lowest BCUT2D eigenvalue weighted by Crippen LogP contribution is -2.45. The van der Waals surface area contributed by atoms with E-state index in [1.165, 1.54) is 31.4 Å². The van der Waals surface area contributed by atoms with Crippen molar-refractivity contribution in [2.24, 2.45) is 11.8 Å². The third-order valence-corrected chi connectivity index (χ3v) is 5.17. The van der Waals surface area contributed by atoms with E-state index in [1.54, 1.807) is 19.0 Å². The lowest BCUT2D eigenvalue weighted by molar-refractivity contribution is 0.0891. The summed E-state index contributed by atoms with van der Waals surface area (Å²) < 4.78 is 8.05. The average Bonchev–Trinajstić information content (AvgIpc) is 3.47. The van der Waals surface area contributed by atoms with Crippen LogP contribution in [0, 0.1) is 11.8 Å². The van der Waals surface area contributed by atoms with Crippen LogP contribution in [0.5, 0.6) is 0 Å². The number of carbonyl (C=O) groups is 1. The Morgan fingerprint density at radius 3 is 2.62 bits per heavy atom. The molecule has 0 unspecified atom stereocenters. The van der Waals surface area contributed by atoms with Gasteiger partial charge in [-0.05, 0) is 37.5 Å². The van der Waals surface area contributed by atoms with Crippen molar-refractivity contribution in [2.45, 2.75) is 44.7 Å². The van der Waals surface area contributed by atoms with E-state index in [4.69, 9.17) is 4.74 Å². The summed E-state index contributed by atoms with van der Waals surface area (Å²) >= 11 is 0. The third-order valence-electron chi connectivity index (χ3n) is 5.17. The molecule has 0 N–H and O–H groups in total. The smallest absolute Gasteiger partial charge is 0.319 e. The van der Waals surface area contributed by atoms with Crippen molar-refractivity contribution in [3.63, 3.8) is 0 Å². The van der Waals surface area contributed by atoms with Gasteiger partial charge in [0, 0.05) is 39.7 Å². The second-order valence-corrected chi connectivity index (χ2v) is 7.78. The lowest BCUT2D eigenvalue weighted by atomic mass is 9.99. The maximum atomic E-state index is 12.4. The van der Waals surface area contributed by atoms with Crippen molar-refractivity contribution in [3.8, 4) is 0 Å². The SMILES string of the molecule is CN(C)C(=O)N1Cc2nnn(CC3CC3)c2[C@@H](COCC2CC2)C1. The lowest BCUT2D eigenvalue weighted by Gasteiger charge is -2.34. The van der Waals surface area contributed by atoms with E-state index in [1.807, 2.05) is 4.90 Å². The fourth-order valence-electron chi connectivity index (χ4n) is 3.41. The van der Waals surface area contributed by atoms with Gasteiger partial charge >= 0.3 is 6.03 Å². The molecule has 0 radical (unpaired) electrons. The van der Waals surface area contributed by atoms with Gasteiger partial charge in [-0.2, -0.15) is 0 Å². The van der Waals surface area contributed by atoms with Crippen molar-refractivity contribution in [1.29, 1.82) is 0 Å². The number of hydrogen-bond donors (Lipinski definition) is 0. The number of carbonyl (C=O) groups excluding carboxylic acids is 1. The highest BCUT2D eigenvalue weighted by Gasteiger charge is 2.35. The quantitative estimate of drug-likeness (QED) is 0.795. The molecular formula is C17H27N5O2. The van der Waals surface area contributed by atoms with Gasteiger partial charge in [0.15, 0.2) is 0 Å². The van der Waals surface area contributed by atoms with Gasteiger partial charge < -0.3 is 14.5 Å². The summed E-state index contributed by atoms with van der Waals surface area (Å²) in [7, 11) is 3.58. The molecule has 2 saturated carbocycles. The molecule has 0 spiro atoms. The molecule has 1 aromatic rings. The normalized spacial score (nSPS) is 23.2. The van der Waals surface area contributed by atoms with Crippen LogP contribution in [0.1, 0.15) is 43.0 Å². The number of amides is 2. The van der Waals surface area contributed by atoms with Crippen LogP contribution < -0.4 is 0 Å². The standard InChI is InChI=1S/C17H27N5O2/c1-20(2)17(23)21-8-14(11-24-10-13-5-6-13)16-15(9-21)18-19-22(16)7-12-3-4-12/h12-14H,3-11H2,1-2H3/t14-/m1/s1. The molecule has 2 heterocycles. The third kappa shape index (κ3) is 3.41. The first-order valence-corrected chi connectivity index (χ1v) is 9.08. The zero-order chi connectivity index (χ0) is 16.7. The van der Waals surface area contributed by atoms with Gasteiger partial charge in [-0.15, -0.1) is 5.10 Å². The largest absolute Gasteiger partial charge is 0.380 e. The Bertz CT molecular complexity index is 606. The van der Waals surface area contributed by atoms with Gasteiger partial charge in [0.1, 0.15) is 5.69 Å². The summed E-state index contributed by atoms with van der Waals surface area (Å²) in [6.45, 7) is 3.70. The van der Waals surface area contributed by atoms with Crippen molar-refractivity contribution in [2.75, 3.05) is 33.9 Å². The van der Waals surface area contributed by atoms with Crippen molar-refractivity contribution < 1.29 is 9.53 Å². The molecule has 0 bridgehead atoms. The summed E-state index contributed by atoms with van der Waals surface area (Å²) in [5.41, 5.74) is 2.14. The molecule has 2 aliphatic carbocycles. The Morgan fingerprint density at radius 1 is 1.21 bits per heavy atom. The van der Waals surface area contributed by atoms with E-state index in [0.29, 0.717) is 19.7 Å². The van der Waals surface area contributed by atoms with Crippen LogP contribution in [0.15, 0.2) is 0 Å². The molecule has 2 amide bonds. The van der Waals surface area contributed by atoms with E-state index >= 15 is 0 Å². The van der Waals surface area contributed by atoms with E-state index in [2.05, 4.69) is 15.0 Å². The second kappa shape index (κ2) is 6.35. The van der Waals surface area contributed by atoms with Gasteiger partial charge in [-0.1, -0.05) is 5.21 Å². The van der Waals surface area contributed by atoms with Crippen LogP contribution in [0.2, 0.25) is 0 Å². The van der Waals surface area contributed by atoms with E-state index in [0.717, 1.165) is 30.7 Å². The molecule has 24 heavy (non-hydrogen) atoms. The summed E-state index contributed by atoms with van der Waals surface area (Å²) in [4.78, 5) is 15.9. The minimum Gasteiger partial charge on any atom is -0.380 e. The van der Waals surface area contributed by atoms with Crippen LogP contribution in [0.3, 0.4) is 0 Å². The summed E-state index contributed by atoms with van der Waals surface area (Å²) in [5.74, 6) is 1.68. The molecule has 132 valence electrons. The Balaban J connectivity index is 1.51. The maximum Gasteiger partial charge on any atom is 0.319 e. The first-order chi connectivity index (χ1) is 11.6. The molecule has 3 aliphatic rings. The predicted molar refractivity (Wildman–Crippen MR) is 88.5 cm³/mol. The van der Waals surface area contributed by atoms with E-state index < -0.39 is 0 Å². The highest BCUT2D eigenvalue weighted by Crippen LogP contribution is 2.34. The first kappa shape index (κ1) is 15.9. The number of fused-ring (bicyclic) bond motifs is 1. The minimum absolute atomic E-state index is 0.0320. The number of ether oxygens (including phenoxy) is 1. The zero-order valence-corrected chi connectivity index (χ0v) is 14.6. The summed E-state index contributed by atoms with van der Waals surface area (Å²) in [6, 6.07) is 0.0320. The molecule has 7 heteroatoms. The van der Waals surface area contributed by atoms with Crippen LogP contribution in [0.25, 0.3) is 0 Å². The van der Waals surface area contributed by atoms with Gasteiger partial charge in [0.2, 0.25) is 0 Å². The molecule has 1 aliphatic heterocycles. The van der Waals surface area contributed by atoms with Crippen LogP contribution >= 0.6 is 0 Å². The van der Waals surface area contributed by atoms with Gasteiger partial charge in [0.25, 0.3) is 0 Å². The number of hydrogen-bond acceptors (Lipinski definition) is 4. The predicted octanol–water partition coefficient (Wildman–Crippen LogP) is 1.70. The zero-order valence-electron chi connectivity index (χ0n) is 14.6. The molecule has 4 rings (SSSR count). The van der Waals surface area contributed by atoms with E-state index in [-0.39, 0.29) is 11.9 Å². The van der Waals surface area contributed by atoms with Gasteiger partial charge in [-0.25, -0.2) is 9.48 Å². The highest BCUT2D eigenvalue weighted by atomic mass is 16.5. The van der Waals surface area contributed by atoms with Crippen molar-refractivity contribution in [3.05, 3.63) is 11.4 Å². The molecular weight excluding hydrogens is 306 g/mol. The molecule has 1 aromatic heterocycles. The molecule has 0 saturated heterocycles. The monoisotopic (exact) mass is 333 g/mol. The van der Waals surface area contributed by atoms with Crippen LogP contribution in [0.4, 0.5) is 4.79 Å². The number of nitrogens with zero attached hydrogens (tertiary/aromatic N) is 5. The molecule has 2 fully saturated rings. The maximum absolute atomic E-state index is 12.4. The Labute approximate surface area is 142 Å². The number of urea groups is 1. The Morgan fingerprint density at radius 2 is 1.96 bits per heavy atom. The first-order valence-electron chi connectivity index (χ1n) is 9.08. The van der Waals surface area contributed by atoms with E-state index in [9.17, 15) is 4.79 Å². The highest BCUT2D eigenvalue weighted by molar-refractivity contribution is 5.74. The molecule has 1 atom stereocenters. The van der Waals surface area contributed by atoms with Gasteiger partial charge in [-0.3, -0.25) is 0 Å². The van der Waals surface area contributed by atoms with Crippen molar-refractivity contribution in [1.82, 2.24) is 24.8 Å². The average molecular weight is 333 g/mol. The van der Waals surface area contributed by atoms with Gasteiger partial charge in [0.05, 0.1) is 18.8 Å². The fraction of sp³-hybridized carbons (Fsp3) is 0.824. The number of rotatable bonds is 6. The minimum atomic E-state index is 0.0320. The Kier molecular flexibility index (Phi) is 4.20. The topological polar surface area (TPSA) is 63.5 Å².